The molecule has 0 saturated heterocycles. The fraction of sp³-hybridized carbons (Fsp3) is 0.133. The minimum Gasteiger partial charge on any atom is -0.454 e. The SMILES string of the molecule is Cc1ccc(NC(=S)Nc2ccc3c(c2)OCO3)c(Cl)c1. The third-order valence-electron chi connectivity index (χ3n) is 3.00. The first-order valence-corrected chi connectivity index (χ1v) is 7.14. The average Bonchev–Trinajstić information content (AvgIpc) is 2.89. The molecule has 1 aliphatic rings. The molecule has 2 aromatic carbocycles. The highest BCUT2D eigenvalue weighted by Crippen LogP contribution is 2.34. The van der Waals surface area contributed by atoms with Crippen LogP contribution < -0.4 is 20.1 Å². The monoisotopic (exact) mass is 320 g/mol. The summed E-state index contributed by atoms with van der Waals surface area (Å²) in [6, 6.07) is 11.3. The smallest absolute Gasteiger partial charge is 0.231 e. The van der Waals surface area contributed by atoms with Gasteiger partial charge in [0.1, 0.15) is 0 Å². The van der Waals surface area contributed by atoms with Crippen molar-refractivity contribution in [3.05, 3.63) is 47.0 Å². The molecule has 1 aliphatic heterocycles. The van der Waals surface area contributed by atoms with Crippen LogP contribution in [0.1, 0.15) is 5.56 Å². The van der Waals surface area contributed by atoms with Gasteiger partial charge in [-0.3, -0.25) is 0 Å². The van der Waals surface area contributed by atoms with Gasteiger partial charge in [0, 0.05) is 11.8 Å². The van der Waals surface area contributed by atoms with Gasteiger partial charge in [-0.1, -0.05) is 17.7 Å². The molecular weight excluding hydrogens is 308 g/mol. The molecule has 0 atom stereocenters. The van der Waals surface area contributed by atoms with E-state index in [-0.39, 0.29) is 6.79 Å². The quantitative estimate of drug-likeness (QED) is 0.812. The van der Waals surface area contributed by atoms with Gasteiger partial charge in [-0.25, -0.2) is 0 Å². The van der Waals surface area contributed by atoms with Crippen molar-refractivity contribution in [3.63, 3.8) is 0 Å². The summed E-state index contributed by atoms with van der Waals surface area (Å²) in [4.78, 5) is 0. The predicted molar refractivity (Wildman–Crippen MR) is 88.6 cm³/mol. The number of benzene rings is 2. The maximum atomic E-state index is 6.17. The summed E-state index contributed by atoms with van der Waals surface area (Å²) >= 11 is 11.5. The summed E-state index contributed by atoms with van der Waals surface area (Å²) in [6.45, 7) is 2.24. The molecule has 3 rings (SSSR count). The number of aryl methyl sites for hydroxylation is 1. The number of nitrogens with one attached hydrogen (secondary N) is 2. The molecule has 0 spiro atoms. The summed E-state index contributed by atoms with van der Waals surface area (Å²) in [7, 11) is 0. The van der Waals surface area contributed by atoms with E-state index in [9.17, 15) is 0 Å². The number of anilines is 2. The van der Waals surface area contributed by atoms with E-state index in [2.05, 4.69) is 10.6 Å². The van der Waals surface area contributed by atoms with Crippen LogP contribution in [0.5, 0.6) is 11.5 Å². The number of thiocarbonyl (C=S) groups is 1. The van der Waals surface area contributed by atoms with Crippen molar-refractivity contribution in [1.29, 1.82) is 0 Å². The first-order valence-electron chi connectivity index (χ1n) is 6.35. The molecule has 0 saturated carbocycles. The second kappa shape index (κ2) is 5.79. The van der Waals surface area contributed by atoms with Crippen LogP contribution in [-0.2, 0) is 0 Å². The molecule has 0 radical (unpaired) electrons. The number of rotatable bonds is 2. The Morgan fingerprint density at radius 2 is 1.90 bits per heavy atom. The summed E-state index contributed by atoms with van der Waals surface area (Å²) in [5, 5.41) is 7.25. The Morgan fingerprint density at radius 3 is 2.71 bits per heavy atom. The second-order valence-corrected chi connectivity index (χ2v) is 5.45. The lowest BCUT2D eigenvalue weighted by atomic mass is 10.2. The zero-order valence-corrected chi connectivity index (χ0v) is 12.8. The topological polar surface area (TPSA) is 42.5 Å². The molecule has 0 amide bonds. The van der Waals surface area contributed by atoms with Crippen molar-refractivity contribution < 1.29 is 9.47 Å². The molecule has 6 heteroatoms. The number of hydrogen-bond acceptors (Lipinski definition) is 3. The van der Waals surface area contributed by atoms with Crippen LogP contribution in [0, 0.1) is 6.92 Å². The average molecular weight is 321 g/mol. The Labute approximate surface area is 133 Å². The zero-order chi connectivity index (χ0) is 14.8. The van der Waals surface area contributed by atoms with Gasteiger partial charge >= 0.3 is 0 Å². The Morgan fingerprint density at radius 1 is 1.10 bits per heavy atom. The lowest BCUT2D eigenvalue weighted by molar-refractivity contribution is 0.174. The van der Waals surface area contributed by atoms with Crippen molar-refractivity contribution in [2.45, 2.75) is 6.92 Å². The molecule has 0 fully saturated rings. The Hall–Kier alpha value is -1.98. The highest BCUT2D eigenvalue weighted by molar-refractivity contribution is 7.80. The van der Waals surface area contributed by atoms with Crippen molar-refractivity contribution in [2.75, 3.05) is 17.4 Å². The molecule has 1 heterocycles. The standard InChI is InChI=1S/C15H13ClN2O2S/c1-9-2-4-12(11(16)6-9)18-15(21)17-10-3-5-13-14(7-10)20-8-19-13/h2-7H,8H2,1H3,(H2,17,18,21). The van der Waals surface area contributed by atoms with E-state index in [4.69, 9.17) is 33.3 Å². The zero-order valence-electron chi connectivity index (χ0n) is 11.3. The predicted octanol–water partition coefficient (Wildman–Crippen LogP) is 4.19. The summed E-state index contributed by atoms with van der Waals surface area (Å²) in [6.07, 6.45) is 0. The fourth-order valence-electron chi connectivity index (χ4n) is 1.98. The van der Waals surface area contributed by atoms with Crippen molar-refractivity contribution in [3.8, 4) is 11.5 Å². The van der Waals surface area contributed by atoms with Crippen molar-refractivity contribution in [1.82, 2.24) is 0 Å². The maximum Gasteiger partial charge on any atom is 0.231 e. The van der Waals surface area contributed by atoms with Crippen LogP contribution >= 0.6 is 23.8 Å². The normalized spacial score (nSPS) is 12.1. The lowest BCUT2D eigenvalue weighted by Gasteiger charge is -2.12. The molecule has 108 valence electrons. The third-order valence-corrected chi connectivity index (χ3v) is 3.52. The van der Waals surface area contributed by atoms with E-state index in [0.717, 1.165) is 22.7 Å². The van der Waals surface area contributed by atoms with Crippen LogP contribution in [-0.4, -0.2) is 11.9 Å². The second-order valence-electron chi connectivity index (χ2n) is 4.63. The van der Waals surface area contributed by atoms with E-state index in [1.165, 1.54) is 0 Å². The molecule has 2 N–H and O–H groups in total. The lowest BCUT2D eigenvalue weighted by Crippen LogP contribution is -2.19. The van der Waals surface area contributed by atoms with E-state index in [0.29, 0.717) is 15.9 Å². The molecular formula is C15H13ClN2O2S. The van der Waals surface area contributed by atoms with Crippen molar-refractivity contribution in [2.24, 2.45) is 0 Å². The van der Waals surface area contributed by atoms with Crippen LogP contribution in [0.2, 0.25) is 5.02 Å². The first kappa shape index (κ1) is 14.0. The highest BCUT2D eigenvalue weighted by Gasteiger charge is 2.13. The maximum absolute atomic E-state index is 6.17. The van der Waals surface area contributed by atoms with E-state index >= 15 is 0 Å². The van der Waals surface area contributed by atoms with E-state index < -0.39 is 0 Å². The highest BCUT2D eigenvalue weighted by atomic mass is 35.5. The first-order chi connectivity index (χ1) is 10.1. The van der Waals surface area contributed by atoms with Gasteiger partial charge in [0.05, 0.1) is 10.7 Å². The van der Waals surface area contributed by atoms with Gasteiger partial charge in [-0.05, 0) is 49.0 Å². The Kier molecular flexibility index (Phi) is 3.86. The number of ether oxygens (including phenoxy) is 2. The van der Waals surface area contributed by atoms with Gasteiger partial charge in [-0.15, -0.1) is 0 Å². The molecule has 0 bridgehead atoms. The van der Waals surface area contributed by atoms with Crippen LogP contribution in [0.4, 0.5) is 11.4 Å². The number of hydrogen-bond donors (Lipinski definition) is 2. The van der Waals surface area contributed by atoms with E-state index in [1.807, 2.05) is 43.3 Å². The molecule has 21 heavy (non-hydrogen) atoms. The summed E-state index contributed by atoms with van der Waals surface area (Å²) in [5.74, 6) is 1.44. The van der Waals surface area contributed by atoms with Gasteiger partial charge in [-0.2, -0.15) is 0 Å². The van der Waals surface area contributed by atoms with E-state index in [1.54, 1.807) is 0 Å². The number of fused-ring (bicyclic) bond motifs is 1. The van der Waals surface area contributed by atoms with Gasteiger partial charge in [0.2, 0.25) is 6.79 Å². The molecule has 0 aromatic heterocycles. The Bertz CT molecular complexity index is 706. The fourth-order valence-corrected chi connectivity index (χ4v) is 2.49. The van der Waals surface area contributed by atoms with Crippen LogP contribution in [0.3, 0.4) is 0 Å². The summed E-state index contributed by atoms with van der Waals surface area (Å²) < 4.78 is 10.6. The van der Waals surface area contributed by atoms with Crippen LogP contribution in [0.25, 0.3) is 0 Å². The molecule has 0 unspecified atom stereocenters. The largest absolute Gasteiger partial charge is 0.454 e. The van der Waals surface area contributed by atoms with Crippen LogP contribution in [0.15, 0.2) is 36.4 Å². The third kappa shape index (κ3) is 3.20. The Balaban J connectivity index is 1.69. The van der Waals surface area contributed by atoms with Gasteiger partial charge in [0.15, 0.2) is 16.6 Å². The van der Waals surface area contributed by atoms with Gasteiger partial charge in [0.25, 0.3) is 0 Å². The summed E-state index contributed by atoms with van der Waals surface area (Å²) in [5.41, 5.74) is 2.68. The minimum absolute atomic E-state index is 0.250. The molecule has 0 aliphatic carbocycles. The van der Waals surface area contributed by atoms with Crippen molar-refractivity contribution >= 4 is 40.3 Å². The number of halogens is 1. The molecule has 4 nitrogen and oxygen atoms in total. The van der Waals surface area contributed by atoms with Gasteiger partial charge < -0.3 is 20.1 Å². The molecule has 2 aromatic rings. The minimum atomic E-state index is 0.250.